The van der Waals surface area contributed by atoms with Gasteiger partial charge in [0, 0.05) is 32.3 Å². The van der Waals surface area contributed by atoms with E-state index in [4.69, 9.17) is 4.74 Å². The second-order valence-electron chi connectivity index (χ2n) is 4.86. The Morgan fingerprint density at radius 1 is 1.30 bits per heavy atom. The van der Waals surface area contributed by atoms with Gasteiger partial charge in [-0.2, -0.15) is 0 Å². The van der Waals surface area contributed by atoms with Crippen molar-refractivity contribution in [3.63, 3.8) is 0 Å². The highest BCUT2D eigenvalue weighted by molar-refractivity contribution is 9.10. The molecule has 1 aliphatic rings. The number of likely N-dealkylation sites (N-methyl/N-ethyl adjacent to an activating group) is 1. The number of carbonyl (C=O) groups is 1. The largest absolute Gasteiger partial charge is 0.496 e. The second-order valence-corrected chi connectivity index (χ2v) is 5.71. The van der Waals surface area contributed by atoms with Gasteiger partial charge in [-0.1, -0.05) is 6.07 Å². The van der Waals surface area contributed by atoms with Gasteiger partial charge in [0.2, 0.25) is 5.91 Å². The molecule has 1 saturated heterocycles. The van der Waals surface area contributed by atoms with Gasteiger partial charge in [0.05, 0.1) is 11.6 Å². The molecular formula is C15H19BrN2O2. The fourth-order valence-electron chi connectivity index (χ4n) is 2.09. The number of nitrogens with zero attached hydrogens (tertiary/aromatic N) is 2. The number of rotatable bonds is 3. The SMILES string of the molecule is COc1ccc(/C=C/C(=O)N2CCN(C)CC2)cc1Br. The molecule has 0 aliphatic carbocycles. The number of hydrogen-bond acceptors (Lipinski definition) is 3. The number of piperazine rings is 1. The van der Waals surface area contributed by atoms with Crippen LogP contribution in [0.25, 0.3) is 6.08 Å². The van der Waals surface area contributed by atoms with E-state index in [9.17, 15) is 4.79 Å². The monoisotopic (exact) mass is 338 g/mol. The lowest BCUT2D eigenvalue weighted by Gasteiger charge is -2.31. The van der Waals surface area contributed by atoms with Gasteiger partial charge in [-0.25, -0.2) is 0 Å². The highest BCUT2D eigenvalue weighted by Crippen LogP contribution is 2.25. The normalized spacial score (nSPS) is 16.6. The molecule has 1 aromatic rings. The van der Waals surface area contributed by atoms with E-state index in [0.29, 0.717) is 0 Å². The zero-order chi connectivity index (χ0) is 14.5. The molecule has 20 heavy (non-hydrogen) atoms. The molecule has 1 fully saturated rings. The molecule has 1 amide bonds. The van der Waals surface area contributed by atoms with Crippen LogP contribution in [0, 0.1) is 0 Å². The molecule has 0 unspecified atom stereocenters. The van der Waals surface area contributed by atoms with E-state index in [1.54, 1.807) is 13.2 Å². The van der Waals surface area contributed by atoms with Crippen LogP contribution in [-0.4, -0.2) is 56.0 Å². The minimum atomic E-state index is 0.0741. The second kappa shape index (κ2) is 6.90. The summed E-state index contributed by atoms with van der Waals surface area (Å²) in [5, 5.41) is 0. The van der Waals surface area contributed by atoms with Crippen molar-refractivity contribution in [1.29, 1.82) is 0 Å². The van der Waals surface area contributed by atoms with E-state index in [2.05, 4.69) is 27.9 Å². The van der Waals surface area contributed by atoms with Crippen LogP contribution in [0.15, 0.2) is 28.7 Å². The van der Waals surface area contributed by atoms with Crippen molar-refractivity contribution < 1.29 is 9.53 Å². The smallest absolute Gasteiger partial charge is 0.246 e. The zero-order valence-corrected chi connectivity index (χ0v) is 13.4. The van der Waals surface area contributed by atoms with E-state index < -0.39 is 0 Å². The Kier molecular flexibility index (Phi) is 5.20. The molecular weight excluding hydrogens is 320 g/mol. The summed E-state index contributed by atoms with van der Waals surface area (Å²) >= 11 is 3.44. The molecule has 5 heteroatoms. The summed E-state index contributed by atoms with van der Waals surface area (Å²) in [7, 11) is 3.71. The predicted octanol–water partition coefficient (Wildman–Crippen LogP) is 2.24. The van der Waals surface area contributed by atoms with Crippen molar-refractivity contribution in [2.24, 2.45) is 0 Å². The van der Waals surface area contributed by atoms with Crippen LogP contribution >= 0.6 is 15.9 Å². The van der Waals surface area contributed by atoms with Gasteiger partial charge in [-0.05, 0) is 46.7 Å². The Labute approximate surface area is 128 Å². The van der Waals surface area contributed by atoms with Crippen LogP contribution in [0.4, 0.5) is 0 Å². The Morgan fingerprint density at radius 3 is 2.60 bits per heavy atom. The Balaban J connectivity index is 1.98. The molecule has 0 spiro atoms. The fourth-order valence-corrected chi connectivity index (χ4v) is 2.64. The van der Waals surface area contributed by atoms with E-state index in [1.807, 2.05) is 29.2 Å². The molecule has 2 rings (SSSR count). The average Bonchev–Trinajstić information content (AvgIpc) is 2.45. The average molecular weight is 339 g/mol. The predicted molar refractivity (Wildman–Crippen MR) is 83.8 cm³/mol. The first-order valence-corrected chi connectivity index (χ1v) is 7.38. The topological polar surface area (TPSA) is 32.8 Å². The highest BCUT2D eigenvalue weighted by Gasteiger charge is 2.16. The molecule has 1 heterocycles. The van der Waals surface area contributed by atoms with Gasteiger partial charge >= 0.3 is 0 Å². The van der Waals surface area contributed by atoms with Gasteiger partial charge < -0.3 is 14.5 Å². The zero-order valence-electron chi connectivity index (χ0n) is 11.8. The number of carbonyl (C=O) groups excluding carboxylic acids is 1. The van der Waals surface area contributed by atoms with Gasteiger partial charge in [0.15, 0.2) is 0 Å². The standard InChI is InChI=1S/C15H19BrN2O2/c1-17-7-9-18(10-8-17)15(19)6-4-12-3-5-14(20-2)13(16)11-12/h3-6,11H,7-10H2,1-2H3/b6-4+. The summed E-state index contributed by atoms with van der Waals surface area (Å²) in [4.78, 5) is 16.2. The van der Waals surface area contributed by atoms with Crippen LogP contribution in [0.3, 0.4) is 0 Å². The molecule has 0 atom stereocenters. The first-order chi connectivity index (χ1) is 9.60. The van der Waals surface area contributed by atoms with Crippen LogP contribution in [0.1, 0.15) is 5.56 Å². The maximum Gasteiger partial charge on any atom is 0.246 e. The van der Waals surface area contributed by atoms with Crippen LogP contribution in [0.5, 0.6) is 5.75 Å². The van der Waals surface area contributed by atoms with Gasteiger partial charge in [0.1, 0.15) is 5.75 Å². The third-order valence-electron chi connectivity index (χ3n) is 3.41. The molecule has 0 radical (unpaired) electrons. The van der Waals surface area contributed by atoms with Crippen molar-refractivity contribution in [3.8, 4) is 5.75 Å². The summed E-state index contributed by atoms with van der Waals surface area (Å²) in [6.45, 7) is 3.47. The first kappa shape index (κ1) is 15.1. The lowest BCUT2D eigenvalue weighted by Crippen LogP contribution is -2.46. The molecule has 4 nitrogen and oxygen atoms in total. The highest BCUT2D eigenvalue weighted by atomic mass is 79.9. The molecule has 1 aromatic carbocycles. The maximum atomic E-state index is 12.1. The number of halogens is 1. The van der Waals surface area contributed by atoms with Crippen LogP contribution in [0.2, 0.25) is 0 Å². The molecule has 0 aromatic heterocycles. The van der Waals surface area contributed by atoms with Crippen molar-refractivity contribution in [1.82, 2.24) is 9.80 Å². The van der Waals surface area contributed by atoms with E-state index in [-0.39, 0.29) is 5.91 Å². The third kappa shape index (κ3) is 3.84. The minimum Gasteiger partial charge on any atom is -0.496 e. The molecule has 0 bridgehead atoms. The first-order valence-electron chi connectivity index (χ1n) is 6.59. The summed E-state index contributed by atoms with van der Waals surface area (Å²) in [5.74, 6) is 0.859. The Hall–Kier alpha value is -1.33. The molecule has 0 saturated carbocycles. The third-order valence-corrected chi connectivity index (χ3v) is 4.03. The Bertz CT molecular complexity index is 509. The van der Waals surface area contributed by atoms with Gasteiger partial charge in [0.25, 0.3) is 0 Å². The summed E-state index contributed by atoms with van der Waals surface area (Å²) in [6.07, 6.45) is 3.48. The number of hydrogen-bond donors (Lipinski definition) is 0. The van der Waals surface area contributed by atoms with E-state index >= 15 is 0 Å². The van der Waals surface area contributed by atoms with E-state index in [1.165, 1.54) is 0 Å². The van der Waals surface area contributed by atoms with Gasteiger partial charge in [-0.15, -0.1) is 0 Å². The van der Waals surface area contributed by atoms with E-state index in [0.717, 1.165) is 42.0 Å². The lowest BCUT2D eigenvalue weighted by molar-refractivity contribution is -0.127. The van der Waals surface area contributed by atoms with Crippen molar-refractivity contribution >= 4 is 27.9 Å². The Morgan fingerprint density at radius 2 is 2.00 bits per heavy atom. The maximum absolute atomic E-state index is 12.1. The summed E-state index contributed by atoms with van der Waals surface area (Å²) in [6, 6.07) is 5.74. The summed E-state index contributed by atoms with van der Waals surface area (Å²) in [5.41, 5.74) is 0.972. The molecule has 1 aliphatic heterocycles. The molecule has 108 valence electrons. The van der Waals surface area contributed by atoms with Crippen LogP contribution in [-0.2, 0) is 4.79 Å². The van der Waals surface area contributed by atoms with Crippen molar-refractivity contribution in [2.75, 3.05) is 40.3 Å². The van der Waals surface area contributed by atoms with Crippen molar-refractivity contribution in [2.45, 2.75) is 0 Å². The number of benzene rings is 1. The van der Waals surface area contributed by atoms with Crippen LogP contribution < -0.4 is 4.74 Å². The quantitative estimate of drug-likeness (QED) is 0.792. The number of ether oxygens (including phenoxy) is 1. The lowest BCUT2D eigenvalue weighted by atomic mass is 10.2. The number of amides is 1. The van der Waals surface area contributed by atoms with Gasteiger partial charge in [-0.3, -0.25) is 4.79 Å². The summed E-state index contributed by atoms with van der Waals surface area (Å²) < 4.78 is 6.06. The van der Waals surface area contributed by atoms with Crippen molar-refractivity contribution in [3.05, 3.63) is 34.3 Å². The fraction of sp³-hybridized carbons (Fsp3) is 0.400. The molecule has 0 N–H and O–H groups in total. The minimum absolute atomic E-state index is 0.0741. The number of methoxy groups -OCH3 is 1.